The molecule has 38 heavy (non-hydrogen) atoms. The fraction of sp³-hybridized carbons (Fsp3) is 0.188. The summed E-state index contributed by atoms with van der Waals surface area (Å²) >= 11 is 0. The molecule has 2 aromatic heterocycles. The minimum absolute atomic E-state index is 0. The van der Waals surface area contributed by atoms with Gasteiger partial charge in [-0.2, -0.15) is 46.6 Å². The van der Waals surface area contributed by atoms with Gasteiger partial charge in [0.2, 0.25) is 0 Å². The van der Waals surface area contributed by atoms with Crippen molar-refractivity contribution in [2.45, 2.75) is 40.3 Å². The third-order valence-electron chi connectivity index (χ3n) is 5.42. The van der Waals surface area contributed by atoms with Crippen LogP contribution in [0.4, 0.5) is 0 Å². The van der Waals surface area contributed by atoms with E-state index in [0.29, 0.717) is 11.1 Å². The van der Waals surface area contributed by atoms with Crippen LogP contribution in [-0.2, 0) is 20.1 Å². The quantitative estimate of drug-likeness (QED) is 0.180. The van der Waals surface area contributed by atoms with E-state index in [1.807, 2.05) is 0 Å². The van der Waals surface area contributed by atoms with Crippen LogP contribution in [0.2, 0.25) is 0 Å². The molecule has 5 aromatic rings. The Bertz CT molecular complexity index is 2070. The molecule has 0 N–H and O–H groups in total. The second-order valence-electron chi connectivity index (χ2n) is 7.97. The van der Waals surface area contributed by atoms with E-state index in [9.17, 15) is 0 Å². The van der Waals surface area contributed by atoms with Gasteiger partial charge in [0.25, 0.3) is 5.71 Å². The number of benzene rings is 3. The number of fused-ring (bicyclic) bond motifs is 1. The van der Waals surface area contributed by atoms with Crippen LogP contribution < -0.4 is 0 Å². The number of para-hydroxylation sites is 1. The monoisotopic (exact) mass is 693 g/mol. The predicted molar refractivity (Wildman–Crippen MR) is 149 cm³/mol. The van der Waals surface area contributed by atoms with Crippen LogP contribution >= 0.6 is 0 Å². The largest absolute Gasteiger partial charge is 3.00 e. The van der Waals surface area contributed by atoms with Crippen molar-refractivity contribution in [1.29, 1.82) is 0 Å². The van der Waals surface area contributed by atoms with Crippen molar-refractivity contribution < 1.29 is 45.1 Å². The summed E-state index contributed by atoms with van der Waals surface area (Å²) < 4.78 is 121. The topological polar surface area (TPSA) is 58.0 Å². The van der Waals surface area contributed by atoms with Gasteiger partial charge in [-0.05, 0) is 31.7 Å². The molecule has 3 heterocycles. The molecule has 0 saturated heterocycles. The standard InChI is InChI=1S/C19H16N3O.C13H13N.Ir/c1-12-8-7-9-13(2)16(12)22-17(15-10-5-4-6-11-15)21-19-18(22)20-14(3)23-19;1-10-3-6-12(7-4-10)13-8-5-11(2)9-14-13;/h4-10H,1-3H3;3-6,8-9,13H,1-2H3;/q-1;-2;+3/i1D3,2D3,3D3;1D3,2D3;. The Hall–Kier alpha value is -3.73. The SMILES string of the molecule is [2H]C([2H])([2H])C1=C[N-]C(c2[c-]cc(C([2H])([2H])[2H])cc2)C=C1.[2H]C([2H])([2H])c1nc2c(nc(-c3[c-]cccc3)n2-c2c(C([2H])([2H])[2H])cccc2C([2H])([2H])[2H])o1.[Ir+3]. The summed E-state index contributed by atoms with van der Waals surface area (Å²) in [6, 6.07) is 20.7. The van der Waals surface area contributed by atoms with Crippen LogP contribution in [0.5, 0.6) is 0 Å². The maximum absolute atomic E-state index is 7.98. The van der Waals surface area contributed by atoms with E-state index < -0.39 is 40.2 Å². The average molecular weight is 693 g/mol. The molecule has 6 rings (SSSR count). The van der Waals surface area contributed by atoms with E-state index in [0.717, 1.165) is 0 Å². The maximum atomic E-state index is 7.98. The zero-order valence-corrected chi connectivity index (χ0v) is 22.0. The van der Waals surface area contributed by atoms with Crippen LogP contribution in [0.3, 0.4) is 0 Å². The number of hydrogen-bond acceptors (Lipinski definition) is 3. The van der Waals surface area contributed by atoms with Crippen molar-refractivity contribution in [2.24, 2.45) is 0 Å². The van der Waals surface area contributed by atoms with Crippen LogP contribution in [0.1, 0.15) is 61.6 Å². The first-order chi connectivity index (χ1) is 24.0. The summed E-state index contributed by atoms with van der Waals surface area (Å²) in [5, 5.41) is 4.16. The summed E-state index contributed by atoms with van der Waals surface area (Å²) in [7, 11) is 0. The Kier molecular flexibility index (Phi) is 4.30. The number of allylic oxidation sites excluding steroid dienone is 2. The number of aromatic nitrogens is 3. The molecular weight excluding hydrogens is 649 g/mol. The molecule has 0 saturated carbocycles. The third kappa shape index (κ3) is 5.72. The molecule has 0 spiro atoms. The molecule has 1 unspecified atom stereocenters. The van der Waals surface area contributed by atoms with Gasteiger partial charge in [-0.1, -0.05) is 48.8 Å². The van der Waals surface area contributed by atoms with E-state index >= 15 is 0 Å². The van der Waals surface area contributed by atoms with Gasteiger partial charge in [0.1, 0.15) is 0 Å². The Labute approximate surface area is 258 Å². The first kappa shape index (κ1) is 13.9. The summed E-state index contributed by atoms with van der Waals surface area (Å²) in [5.41, 5.74) is 0.580. The van der Waals surface area contributed by atoms with Gasteiger partial charge in [0.05, 0.1) is 5.82 Å². The molecule has 6 heteroatoms. The molecule has 0 amide bonds. The second-order valence-corrected chi connectivity index (χ2v) is 7.97. The van der Waals surface area contributed by atoms with Gasteiger partial charge in [-0.3, -0.25) is 0 Å². The first-order valence-corrected chi connectivity index (χ1v) is 11.1. The van der Waals surface area contributed by atoms with E-state index in [-0.39, 0.29) is 71.3 Å². The molecule has 1 aliphatic rings. The van der Waals surface area contributed by atoms with E-state index in [4.69, 9.17) is 25.0 Å². The number of rotatable bonds is 3. The number of imidazole rings is 1. The fourth-order valence-corrected chi connectivity index (χ4v) is 3.73. The molecule has 5 nitrogen and oxygen atoms in total. The van der Waals surface area contributed by atoms with E-state index in [2.05, 4.69) is 27.4 Å². The molecule has 0 bridgehead atoms. The minimum Gasteiger partial charge on any atom is -0.683 e. The smallest absolute Gasteiger partial charge is 0.683 e. The first-order valence-electron chi connectivity index (χ1n) is 18.6. The molecule has 1 atom stereocenters. The van der Waals surface area contributed by atoms with E-state index in [1.165, 1.54) is 47.2 Å². The van der Waals surface area contributed by atoms with Gasteiger partial charge < -0.3 is 14.3 Å². The zero-order chi connectivity index (χ0) is 38.4. The molecule has 0 aliphatic carbocycles. The Morgan fingerprint density at radius 3 is 2.47 bits per heavy atom. The van der Waals surface area contributed by atoms with Gasteiger partial charge >= 0.3 is 20.1 Å². The van der Waals surface area contributed by atoms with Gasteiger partial charge in [0.15, 0.2) is 11.5 Å². The Balaban J connectivity index is 0.000000258. The Morgan fingerprint density at radius 2 is 1.84 bits per heavy atom. The predicted octanol–water partition coefficient (Wildman–Crippen LogP) is 8.09. The van der Waals surface area contributed by atoms with Crippen molar-refractivity contribution in [1.82, 2.24) is 14.5 Å². The van der Waals surface area contributed by atoms with Crippen LogP contribution in [-0.4, -0.2) is 14.5 Å². The van der Waals surface area contributed by atoms with Crippen molar-refractivity contribution in [3.63, 3.8) is 0 Å². The second kappa shape index (κ2) is 11.8. The van der Waals surface area contributed by atoms with E-state index in [1.54, 1.807) is 36.4 Å². The number of aryl methyl sites for hydroxylation is 4. The van der Waals surface area contributed by atoms with Crippen molar-refractivity contribution in [2.75, 3.05) is 0 Å². The number of hydrogen-bond donors (Lipinski definition) is 0. The average Bonchev–Trinajstić information content (AvgIpc) is 3.63. The van der Waals surface area contributed by atoms with Crippen LogP contribution in [0.15, 0.2) is 89.0 Å². The summed E-state index contributed by atoms with van der Waals surface area (Å²) in [6.07, 6.45) is 4.53. The molecule has 192 valence electrons. The van der Waals surface area contributed by atoms with Crippen LogP contribution in [0.25, 0.3) is 33.8 Å². The molecule has 3 aromatic carbocycles. The third-order valence-corrected chi connectivity index (χ3v) is 5.42. The Morgan fingerprint density at radius 1 is 0.947 bits per heavy atom. The van der Waals surface area contributed by atoms with Gasteiger partial charge in [0, 0.05) is 33.1 Å². The summed E-state index contributed by atoms with van der Waals surface area (Å²) in [6.45, 7) is -12.4. The molecule has 0 fully saturated rings. The summed E-state index contributed by atoms with van der Waals surface area (Å²) in [5.74, 6) is -0.472. The zero-order valence-electron chi connectivity index (χ0n) is 34.6. The normalized spacial score (nSPS) is 21.7. The van der Waals surface area contributed by atoms with Crippen molar-refractivity contribution in [3.8, 4) is 17.1 Å². The van der Waals surface area contributed by atoms with Crippen molar-refractivity contribution >= 4 is 11.4 Å². The summed E-state index contributed by atoms with van der Waals surface area (Å²) in [4.78, 5) is 8.37. The molecule has 0 radical (unpaired) electrons. The van der Waals surface area contributed by atoms with Gasteiger partial charge in [-0.25, -0.2) is 4.98 Å². The molecular formula is C32H29IrN4O. The maximum Gasteiger partial charge on any atom is 3.00 e. The minimum atomic E-state index is -2.68. The molecule has 1 aliphatic heterocycles. The van der Waals surface area contributed by atoms with Gasteiger partial charge in [-0.15, -0.1) is 35.9 Å². The fourth-order valence-electron chi connectivity index (χ4n) is 3.73. The van der Waals surface area contributed by atoms with Crippen LogP contribution in [0, 0.1) is 39.5 Å². The number of nitrogens with zero attached hydrogens (tertiary/aromatic N) is 4. The number of oxazole rings is 1. The van der Waals surface area contributed by atoms with Crippen molar-refractivity contribution in [3.05, 3.63) is 130 Å².